The van der Waals surface area contributed by atoms with Crippen LogP contribution in [-0.4, -0.2) is 31.1 Å². The number of aromatic amines is 1. The highest BCUT2D eigenvalue weighted by atomic mass is 16.1. The predicted octanol–water partition coefficient (Wildman–Crippen LogP) is 1.25. The minimum Gasteiger partial charge on any atom is -0.398 e. The third-order valence-corrected chi connectivity index (χ3v) is 3.69. The lowest BCUT2D eigenvalue weighted by Crippen LogP contribution is -2.14. The molecule has 0 bridgehead atoms. The molecule has 0 unspecified atom stereocenters. The fraction of sp³-hybridized carbons (Fsp3) is 0. The number of amides is 1. The predicted molar refractivity (Wildman–Crippen MR) is 85.4 cm³/mol. The van der Waals surface area contributed by atoms with E-state index < -0.39 is 5.91 Å². The van der Waals surface area contributed by atoms with E-state index in [2.05, 4.69) is 25.1 Å². The van der Waals surface area contributed by atoms with Gasteiger partial charge in [-0.05, 0) is 12.1 Å². The van der Waals surface area contributed by atoms with Crippen LogP contribution in [0.25, 0.3) is 33.2 Å². The Bertz CT molecular complexity index is 1070. The number of H-pyrrole nitrogens is 1. The van der Waals surface area contributed by atoms with Gasteiger partial charge in [0.1, 0.15) is 0 Å². The number of aromatic nitrogens is 5. The van der Waals surface area contributed by atoms with Gasteiger partial charge in [0, 0.05) is 35.1 Å². The Morgan fingerprint density at radius 1 is 1.13 bits per heavy atom. The number of hydrogen-bond donors (Lipinski definition) is 3. The lowest BCUT2D eigenvalue weighted by Gasteiger charge is -2.12. The molecule has 4 rings (SSSR count). The summed E-state index contributed by atoms with van der Waals surface area (Å²) in [5, 5.41) is 7.57. The first-order valence-corrected chi connectivity index (χ1v) is 6.78. The number of hydrogen-bond acceptors (Lipinski definition) is 6. The highest BCUT2D eigenvalue weighted by molar-refractivity contribution is 6.12. The summed E-state index contributed by atoms with van der Waals surface area (Å²) >= 11 is 0. The van der Waals surface area contributed by atoms with Crippen molar-refractivity contribution in [3.05, 3.63) is 42.5 Å². The molecule has 0 saturated carbocycles. The summed E-state index contributed by atoms with van der Waals surface area (Å²) in [7, 11) is 0. The maximum Gasteiger partial charge on any atom is 0.250 e. The molecule has 4 aromatic rings. The molecule has 112 valence electrons. The number of nitrogen functional groups attached to an aromatic ring is 1. The van der Waals surface area contributed by atoms with Gasteiger partial charge in [0.25, 0.3) is 5.91 Å². The second-order valence-electron chi connectivity index (χ2n) is 4.99. The van der Waals surface area contributed by atoms with E-state index in [0.29, 0.717) is 22.2 Å². The Morgan fingerprint density at radius 2 is 1.96 bits per heavy atom. The summed E-state index contributed by atoms with van der Waals surface area (Å²) in [6, 6.07) is 3.35. The smallest absolute Gasteiger partial charge is 0.250 e. The van der Waals surface area contributed by atoms with Gasteiger partial charge in [0.2, 0.25) is 0 Å². The second-order valence-corrected chi connectivity index (χ2v) is 4.99. The monoisotopic (exact) mass is 305 g/mol. The quantitative estimate of drug-likeness (QED) is 0.477. The number of rotatable bonds is 2. The standard InChI is InChI=1S/C15H11N7O/c16-12-8(14(17)23)5-10-13(19-4-3-18-10)11(12)7-1-2-20-15-9(7)6-21-22-15/h1-6H,16H2,(H2,17,23)(H,20,21,22). The van der Waals surface area contributed by atoms with E-state index in [1.807, 2.05) is 0 Å². The van der Waals surface area contributed by atoms with Gasteiger partial charge in [-0.15, -0.1) is 0 Å². The number of carbonyl (C=O) groups excluding carboxylic acids is 1. The number of primary amides is 1. The summed E-state index contributed by atoms with van der Waals surface area (Å²) in [6.07, 6.45) is 6.40. The van der Waals surface area contributed by atoms with Crippen LogP contribution in [0.4, 0.5) is 5.69 Å². The zero-order valence-electron chi connectivity index (χ0n) is 11.8. The molecule has 8 nitrogen and oxygen atoms in total. The van der Waals surface area contributed by atoms with Gasteiger partial charge in [-0.25, -0.2) is 4.98 Å². The van der Waals surface area contributed by atoms with Crippen LogP contribution in [-0.2, 0) is 0 Å². The van der Waals surface area contributed by atoms with Crippen molar-refractivity contribution in [1.82, 2.24) is 25.1 Å². The van der Waals surface area contributed by atoms with Crippen LogP contribution < -0.4 is 11.5 Å². The van der Waals surface area contributed by atoms with Crippen molar-refractivity contribution in [1.29, 1.82) is 0 Å². The molecular weight excluding hydrogens is 294 g/mol. The van der Waals surface area contributed by atoms with Gasteiger partial charge in [0.15, 0.2) is 5.65 Å². The van der Waals surface area contributed by atoms with Crippen LogP contribution in [0, 0.1) is 0 Å². The Morgan fingerprint density at radius 3 is 2.78 bits per heavy atom. The van der Waals surface area contributed by atoms with Crippen LogP contribution in [0.1, 0.15) is 10.4 Å². The van der Waals surface area contributed by atoms with Crippen LogP contribution in [0.15, 0.2) is 36.9 Å². The Kier molecular flexibility index (Phi) is 2.70. The maximum atomic E-state index is 11.7. The van der Waals surface area contributed by atoms with Gasteiger partial charge >= 0.3 is 0 Å². The third-order valence-electron chi connectivity index (χ3n) is 3.69. The molecule has 23 heavy (non-hydrogen) atoms. The number of carbonyl (C=O) groups is 1. The fourth-order valence-corrected chi connectivity index (χ4v) is 2.67. The Hall–Kier alpha value is -3.55. The number of nitrogens with one attached hydrogen (secondary N) is 1. The molecule has 1 aromatic carbocycles. The zero-order valence-corrected chi connectivity index (χ0v) is 11.8. The van der Waals surface area contributed by atoms with E-state index in [9.17, 15) is 4.79 Å². The van der Waals surface area contributed by atoms with Gasteiger partial charge in [-0.1, -0.05) is 0 Å². The molecule has 1 amide bonds. The van der Waals surface area contributed by atoms with E-state index in [-0.39, 0.29) is 11.3 Å². The SMILES string of the molecule is NC(=O)c1cc2nccnc2c(-c2ccnc3[nH]ncc23)c1N. The van der Waals surface area contributed by atoms with E-state index >= 15 is 0 Å². The number of anilines is 1. The minimum atomic E-state index is -0.617. The molecular formula is C15H11N7O. The Balaban J connectivity index is 2.20. The van der Waals surface area contributed by atoms with Crippen molar-refractivity contribution < 1.29 is 4.79 Å². The molecule has 0 aliphatic carbocycles. The van der Waals surface area contributed by atoms with Gasteiger partial charge in [-0.2, -0.15) is 5.10 Å². The van der Waals surface area contributed by atoms with Crippen LogP contribution in [0.2, 0.25) is 0 Å². The molecule has 5 N–H and O–H groups in total. The average Bonchev–Trinajstić information content (AvgIpc) is 3.03. The number of fused-ring (bicyclic) bond motifs is 2. The topological polar surface area (TPSA) is 136 Å². The lowest BCUT2D eigenvalue weighted by atomic mass is 9.96. The maximum absolute atomic E-state index is 11.7. The normalized spacial score (nSPS) is 11.1. The van der Waals surface area contributed by atoms with Crippen molar-refractivity contribution in [3.63, 3.8) is 0 Å². The summed E-state index contributed by atoms with van der Waals surface area (Å²) in [5.74, 6) is -0.617. The number of nitrogens with two attached hydrogens (primary N) is 2. The molecule has 0 spiro atoms. The molecule has 8 heteroatoms. The summed E-state index contributed by atoms with van der Waals surface area (Å²) < 4.78 is 0. The number of pyridine rings is 1. The average molecular weight is 305 g/mol. The van der Waals surface area contributed by atoms with Gasteiger partial charge in [-0.3, -0.25) is 19.9 Å². The first kappa shape index (κ1) is 13.1. The van der Waals surface area contributed by atoms with E-state index in [4.69, 9.17) is 11.5 Å². The van der Waals surface area contributed by atoms with Crippen molar-refractivity contribution in [2.45, 2.75) is 0 Å². The second kappa shape index (κ2) is 4.73. The molecule has 0 aliphatic heterocycles. The summed E-state index contributed by atoms with van der Waals surface area (Å²) in [4.78, 5) is 24.6. The highest BCUT2D eigenvalue weighted by Gasteiger charge is 2.19. The molecule has 0 fully saturated rings. The first-order chi connectivity index (χ1) is 11.2. The van der Waals surface area contributed by atoms with Crippen molar-refractivity contribution >= 4 is 33.7 Å². The molecule has 0 radical (unpaired) electrons. The van der Waals surface area contributed by atoms with Crippen LogP contribution in [0.3, 0.4) is 0 Å². The van der Waals surface area contributed by atoms with Crippen LogP contribution >= 0.6 is 0 Å². The van der Waals surface area contributed by atoms with Gasteiger partial charge < -0.3 is 11.5 Å². The van der Waals surface area contributed by atoms with E-state index in [1.54, 1.807) is 36.9 Å². The van der Waals surface area contributed by atoms with Gasteiger partial charge in [0.05, 0.1) is 28.5 Å². The minimum absolute atomic E-state index is 0.210. The lowest BCUT2D eigenvalue weighted by molar-refractivity contribution is 0.100. The summed E-state index contributed by atoms with van der Waals surface area (Å²) in [6.45, 7) is 0. The Labute approximate surface area is 129 Å². The first-order valence-electron chi connectivity index (χ1n) is 6.78. The fourth-order valence-electron chi connectivity index (χ4n) is 2.67. The third kappa shape index (κ3) is 1.89. The van der Waals surface area contributed by atoms with Crippen molar-refractivity contribution in [3.8, 4) is 11.1 Å². The zero-order chi connectivity index (χ0) is 16.0. The highest BCUT2D eigenvalue weighted by Crippen LogP contribution is 2.37. The molecule has 3 heterocycles. The van der Waals surface area contributed by atoms with Crippen LogP contribution in [0.5, 0.6) is 0 Å². The van der Waals surface area contributed by atoms with Crippen molar-refractivity contribution in [2.24, 2.45) is 5.73 Å². The summed E-state index contributed by atoms with van der Waals surface area (Å²) in [5.41, 5.74) is 15.2. The molecule has 3 aromatic heterocycles. The number of benzene rings is 1. The molecule has 0 aliphatic rings. The number of nitrogens with zero attached hydrogens (tertiary/aromatic N) is 4. The van der Waals surface area contributed by atoms with Crippen molar-refractivity contribution in [2.75, 3.05) is 5.73 Å². The van der Waals surface area contributed by atoms with E-state index in [0.717, 1.165) is 10.9 Å². The largest absolute Gasteiger partial charge is 0.398 e. The molecule has 0 atom stereocenters. The molecule has 0 saturated heterocycles. The van der Waals surface area contributed by atoms with E-state index in [1.165, 1.54) is 0 Å².